The second-order valence-corrected chi connectivity index (χ2v) is 8.70. The molecule has 0 aliphatic carbocycles. The van der Waals surface area contributed by atoms with Gasteiger partial charge in [-0.3, -0.25) is 14.9 Å². The lowest BCUT2D eigenvalue weighted by molar-refractivity contribution is -0.385. The van der Waals surface area contributed by atoms with Crippen molar-refractivity contribution in [3.05, 3.63) is 105 Å². The number of nitrogens with zero attached hydrogens (tertiary/aromatic N) is 2. The molecule has 0 heterocycles. The number of amides is 1. The average molecular weight is 456 g/mol. The van der Waals surface area contributed by atoms with E-state index in [1.54, 1.807) is 18.2 Å². The second-order valence-electron chi connectivity index (χ2n) is 8.70. The van der Waals surface area contributed by atoms with Crippen LogP contribution in [-0.2, 0) is 16.8 Å². The molecule has 172 valence electrons. The quantitative estimate of drug-likeness (QED) is 0.206. The van der Waals surface area contributed by atoms with E-state index in [4.69, 9.17) is 4.74 Å². The maximum absolute atomic E-state index is 12.4. The van der Waals surface area contributed by atoms with E-state index in [0.717, 1.165) is 11.1 Å². The standard InChI is InChI=1S/C27H25N3O4/c1-27(2,3)22-10-12-23(13-11-22)34-25-14-9-20(16-24(25)30(32)33)15-21(17-28)26(31)29-18-19-7-5-4-6-8-19/h4-16H,18H2,1-3H3,(H,29,31). The van der Waals surface area contributed by atoms with E-state index >= 15 is 0 Å². The third-order valence-electron chi connectivity index (χ3n) is 5.10. The van der Waals surface area contributed by atoms with Crippen molar-refractivity contribution in [1.82, 2.24) is 5.32 Å². The number of carbonyl (C=O) groups is 1. The van der Waals surface area contributed by atoms with E-state index in [1.807, 2.05) is 48.5 Å². The van der Waals surface area contributed by atoms with E-state index in [2.05, 4.69) is 26.1 Å². The summed E-state index contributed by atoms with van der Waals surface area (Å²) in [4.78, 5) is 23.5. The number of nitrogens with one attached hydrogen (secondary N) is 1. The lowest BCUT2D eigenvalue weighted by Gasteiger charge is -2.19. The van der Waals surface area contributed by atoms with Crippen molar-refractivity contribution in [2.45, 2.75) is 32.7 Å². The van der Waals surface area contributed by atoms with Crippen LogP contribution in [0.5, 0.6) is 11.5 Å². The first kappa shape index (κ1) is 24.2. The number of nitro benzene ring substituents is 1. The predicted octanol–water partition coefficient (Wildman–Crippen LogP) is 5.91. The van der Waals surface area contributed by atoms with Gasteiger partial charge in [-0.15, -0.1) is 0 Å². The average Bonchev–Trinajstić information content (AvgIpc) is 2.82. The summed E-state index contributed by atoms with van der Waals surface area (Å²) in [5.74, 6) is -0.0247. The molecule has 1 N–H and O–H groups in total. The van der Waals surface area contributed by atoms with Crippen LogP contribution in [0.4, 0.5) is 5.69 Å². The van der Waals surface area contributed by atoms with Crippen LogP contribution in [0.25, 0.3) is 6.08 Å². The Hall–Kier alpha value is -4.44. The molecule has 1 amide bonds. The maximum Gasteiger partial charge on any atom is 0.312 e. The first-order valence-corrected chi connectivity index (χ1v) is 10.7. The highest BCUT2D eigenvalue weighted by atomic mass is 16.6. The molecular formula is C27H25N3O4. The van der Waals surface area contributed by atoms with Crippen LogP contribution in [0.1, 0.15) is 37.5 Å². The van der Waals surface area contributed by atoms with Crippen LogP contribution in [-0.4, -0.2) is 10.8 Å². The van der Waals surface area contributed by atoms with Gasteiger partial charge in [0.1, 0.15) is 17.4 Å². The molecule has 3 aromatic carbocycles. The van der Waals surface area contributed by atoms with Gasteiger partial charge >= 0.3 is 5.69 Å². The van der Waals surface area contributed by atoms with Gasteiger partial charge in [-0.2, -0.15) is 5.26 Å². The fraction of sp³-hybridized carbons (Fsp3) is 0.185. The van der Waals surface area contributed by atoms with E-state index in [9.17, 15) is 20.2 Å². The van der Waals surface area contributed by atoms with Crippen molar-refractivity contribution in [2.24, 2.45) is 0 Å². The van der Waals surface area contributed by atoms with Gasteiger partial charge in [0.05, 0.1) is 4.92 Å². The minimum atomic E-state index is -0.562. The maximum atomic E-state index is 12.4. The summed E-state index contributed by atoms with van der Waals surface area (Å²) in [7, 11) is 0. The molecule has 0 aliphatic heterocycles. The summed E-state index contributed by atoms with van der Waals surface area (Å²) < 4.78 is 5.75. The largest absolute Gasteiger partial charge is 0.450 e. The highest BCUT2D eigenvalue weighted by Crippen LogP contribution is 2.34. The monoisotopic (exact) mass is 455 g/mol. The Bertz CT molecular complexity index is 1250. The highest BCUT2D eigenvalue weighted by Gasteiger charge is 2.18. The Balaban J connectivity index is 1.79. The third kappa shape index (κ3) is 6.30. The highest BCUT2D eigenvalue weighted by molar-refractivity contribution is 6.01. The minimum absolute atomic E-state index is 0.0235. The summed E-state index contributed by atoms with van der Waals surface area (Å²) in [6, 6.07) is 22.8. The lowest BCUT2D eigenvalue weighted by atomic mass is 9.87. The zero-order chi connectivity index (χ0) is 24.7. The van der Waals surface area contributed by atoms with E-state index in [1.165, 1.54) is 18.2 Å². The van der Waals surface area contributed by atoms with Crippen LogP contribution in [0.15, 0.2) is 78.4 Å². The lowest BCUT2D eigenvalue weighted by Crippen LogP contribution is -2.23. The van der Waals surface area contributed by atoms with Gasteiger partial charge in [0.15, 0.2) is 0 Å². The number of nitriles is 1. The SMILES string of the molecule is CC(C)(C)c1ccc(Oc2ccc(C=C(C#N)C(=O)NCc3ccccc3)cc2[N+](=O)[O-])cc1. The van der Waals surface area contributed by atoms with Crippen molar-refractivity contribution in [3.63, 3.8) is 0 Å². The number of benzene rings is 3. The van der Waals surface area contributed by atoms with Crippen molar-refractivity contribution in [3.8, 4) is 17.6 Å². The van der Waals surface area contributed by atoms with E-state index in [0.29, 0.717) is 11.3 Å². The van der Waals surface area contributed by atoms with Gasteiger partial charge in [-0.05, 0) is 46.4 Å². The number of rotatable bonds is 7. The third-order valence-corrected chi connectivity index (χ3v) is 5.10. The molecule has 0 radical (unpaired) electrons. The molecule has 0 unspecified atom stereocenters. The molecule has 0 aromatic heterocycles. The summed E-state index contributed by atoms with van der Waals surface area (Å²) in [5.41, 5.74) is 1.90. The van der Waals surface area contributed by atoms with Gasteiger partial charge in [-0.1, -0.05) is 69.3 Å². The second kappa shape index (κ2) is 10.5. The summed E-state index contributed by atoms with van der Waals surface area (Å²) in [5, 5.41) is 23.8. The van der Waals surface area contributed by atoms with Gasteiger partial charge in [0, 0.05) is 12.6 Å². The Morgan fingerprint density at radius 2 is 1.76 bits per heavy atom. The number of carbonyl (C=O) groups excluding carboxylic acids is 1. The van der Waals surface area contributed by atoms with Crippen molar-refractivity contribution < 1.29 is 14.5 Å². The topological polar surface area (TPSA) is 105 Å². The van der Waals surface area contributed by atoms with Gasteiger partial charge in [0.2, 0.25) is 5.75 Å². The molecule has 0 spiro atoms. The molecule has 0 atom stereocenters. The summed E-state index contributed by atoms with van der Waals surface area (Å²) >= 11 is 0. The molecule has 3 rings (SSSR count). The normalized spacial score (nSPS) is 11.4. The summed E-state index contributed by atoms with van der Waals surface area (Å²) in [6.45, 7) is 6.55. The molecule has 0 fully saturated rings. The number of nitro groups is 1. The predicted molar refractivity (Wildman–Crippen MR) is 130 cm³/mol. The van der Waals surface area contributed by atoms with Gasteiger partial charge < -0.3 is 10.1 Å². The fourth-order valence-corrected chi connectivity index (χ4v) is 3.19. The zero-order valence-corrected chi connectivity index (χ0v) is 19.2. The Morgan fingerprint density at radius 3 is 2.35 bits per heavy atom. The molecule has 7 nitrogen and oxygen atoms in total. The Kier molecular flexibility index (Phi) is 7.44. The smallest absolute Gasteiger partial charge is 0.312 e. The van der Waals surface area contributed by atoms with Crippen LogP contribution in [0.2, 0.25) is 0 Å². The first-order valence-electron chi connectivity index (χ1n) is 10.7. The molecule has 7 heteroatoms. The van der Waals surface area contributed by atoms with Crippen LogP contribution >= 0.6 is 0 Å². The van der Waals surface area contributed by atoms with E-state index < -0.39 is 10.8 Å². The Morgan fingerprint density at radius 1 is 1.09 bits per heavy atom. The zero-order valence-electron chi connectivity index (χ0n) is 19.2. The van der Waals surface area contributed by atoms with Gasteiger partial charge in [0.25, 0.3) is 5.91 Å². The summed E-state index contributed by atoms with van der Waals surface area (Å²) in [6.07, 6.45) is 1.31. The number of hydrogen-bond acceptors (Lipinski definition) is 5. The minimum Gasteiger partial charge on any atom is -0.450 e. The molecule has 0 saturated carbocycles. The molecule has 34 heavy (non-hydrogen) atoms. The molecular weight excluding hydrogens is 430 g/mol. The molecule has 0 aliphatic rings. The fourth-order valence-electron chi connectivity index (χ4n) is 3.19. The number of ether oxygens (including phenoxy) is 1. The Labute approximate surface area is 198 Å². The van der Waals surface area contributed by atoms with Gasteiger partial charge in [-0.25, -0.2) is 0 Å². The molecule has 0 bridgehead atoms. The van der Waals surface area contributed by atoms with Crippen LogP contribution in [0, 0.1) is 21.4 Å². The van der Waals surface area contributed by atoms with Crippen molar-refractivity contribution >= 4 is 17.7 Å². The molecule has 3 aromatic rings. The van der Waals surface area contributed by atoms with Crippen molar-refractivity contribution in [2.75, 3.05) is 0 Å². The van der Waals surface area contributed by atoms with Crippen molar-refractivity contribution in [1.29, 1.82) is 5.26 Å². The first-order chi connectivity index (χ1) is 16.2. The number of hydrogen-bond donors (Lipinski definition) is 1. The van der Waals surface area contributed by atoms with E-state index in [-0.39, 0.29) is 29.0 Å². The van der Waals surface area contributed by atoms with Crippen LogP contribution in [0.3, 0.4) is 0 Å². The van der Waals surface area contributed by atoms with Crippen LogP contribution < -0.4 is 10.1 Å². The molecule has 0 saturated heterocycles.